The van der Waals surface area contributed by atoms with Gasteiger partial charge in [0.1, 0.15) is 0 Å². The van der Waals surface area contributed by atoms with Crippen LogP contribution in [0, 0.1) is 13.8 Å². The van der Waals surface area contributed by atoms with Gasteiger partial charge in [-0.1, -0.05) is 6.07 Å². The van der Waals surface area contributed by atoms with E-state index in [4.69, 9.17) is 0 Å². The molecule has 23 heavy (non-hydrogen) atoms. The molecule has 2 aliphatic rings. The van der Waals surface area contributed by atoms with E-state index in [1.54, 1.807) is 11.3 Å². The van der Waals surface area contributed by atoms with E-state index in [2.05, 4.69) is 57.2 Å². The maximum atomic E-state index is 4.68. The summed E-state index contributed by atoms with van der Waals surface area (Å²) >= 11 is 1.76. The van der Waals surface area contributed by atoms with Crippen LogP contribution in [0.1, 0.15) is 34.9 Å². The smallest absolute Gasteiger partial charge is 0.0897 e. The summed E-state index contributed by atoms with van der Waals surface area (Å²) in [6.07, 6.45) is 2.55. The van der Waals surface area contributed by atoms with Crippen molar-refractivity contribution in [1.29, 1.82) is 0 Å². The molecule has 2 aliphatic heterocycles. The fraction of sp³-hybridized carbons (Fsp3) is 0.556. The van der Waals surface area contributed by atoms with E-state index >= 15 is 0 Å². The summed E-state index contributed by atoms with van der Waals surface area (Å²) in [5, 5.41) is 3.39. The summed E-state index contributed by atoms with van der Waals surface area (Å²) in [4.78, 5) is 14.6. The standard InChI is InChI=1S/C18H24N4S/c1-13-4-3-5-15(19-13)10-21-8-6-18-17(21)7-9-22(18)11-16-12-23-14(2)20-16/h3-5,12,17-18H,6-11H2,1-2H3/t17-,18-/m1/s1. The van der Waals surface area contributed by atoms with Crippen molar-refractivity contribution in [2.24, 2.45) is 0 Å². The maximum absolute atomic E-state index is 4.68. The van der Waals surface area contributed by atoms with Gasteiger partial charge in [-0.25, -0.2) is 4.98 Å². The summed E-state index contributed by atoms with van der Waals surface area (Å²) in [5.41, 5.74) is 3.57. The molecule has 5 heteroatoms. The first-order chi connectivity index (χ1) is 11.2. The second kappa shape index (κ2) is 6.30. The molecular weight excluding hydrogens is 304 g/mol. The monoisotopic (exact) mass is 328 g/mol. The van der Waals surface area contributed by atoms with Gasteiger partial charge in [0.05, 0.1) is 16.4 Å². The number of fused-ring (bicyclic) bond motifs is 1. The summed E-state index contributed by atoms with van der Waals surface area (Å²) in [6.45, 7) is 8.56. The Labute approximate surface area is 142 Å². The van der Waals surface area contributed by atoms with E-state index in [1.165, 1.54) is 42.3 Å². The molecule has 4 nitrogen and oxygen atoms in total. The van der Waals surface area contributed by atoms with E-state index in [0.717, 1.165) is 18.8 Å². The van der Waals surface area contributed by atoms with Gasteiger partial charge in [0.25, 0.3) is 0 Å². The molecule has 2 fully saturated rings. The Morgan fingerprint density at radius 2 is 1.70 bits per heavy atom. The minimum absolute atomic E-state index is 0.692. The summed E-state index contributed by atoms with van der Waals surface area (Å²) < 4.78 is 0. The summed E-state index contributed by atoms with van der Waals surface area (Å²) in [7, 11) is 0. The fourth-order valence-corrected chi connectivity index (χ4v) is 4.75. The lowest BCUT2D eigenvalue weighted by Crippen LogP contribution is -2.36. The number of hydrogen-bond acceptors (Lipinski definition) is 5. The second-order valence-electron chi connectivity index (χ2n) is 6.78. The number of hydrogen-bond donors (Lipinski definition) is 0. The molecule has 4 rings (SSSR count). The van der Waals surface area contributed by atoms with Crippen molar-refractivity contribution in [1.82, 2.24) is 19.8 Å². The van der Waals surface area contributed by atoms with Crippen LogP contribution in [0.3, 0.4) is 0 Å². The molecule has 2 aromatic heterocycles. The van der Waals surface area contributed by atoms with E-state index in [0.29, 0.717) is 12.1 Å². The number of aromatic nitrogens is 2. The normalized spacial score (nSPS) is 25.1. The van der Waals surface area contributed by atoms with Crippen LogP contribution in [0.2, 0.25) is 0 Å². The molecule has 2 saturated heterocycles. The molecular formula is C18H24N4S. The molecule has 0 amide bonds. The van der Waals surface area contributed by atoms with Gasteiger partial charge in [0.15, 0.2) is 0 Å². The van der Waals surface area contributed by atoms with Gasteiger partial charge in [0.2, 0.25) is 0 Å². The van der Waals surface area contributed by atoms with Crippen molar-refractivity contribution in [3.8, 4) is 0 Å². The van der Waals surface area contributed by atoms with Crippen molar-refractivity contribution in [2.45, 2.75) is 51.9 Å². The molecule has 4 heterocycles. The highest BCUT2D eigenvalue weighted by Crippen LogP contribution is 2.33. The van der Waals surface area contributed by atoms with Crippen molar-refractivity contribution in [3.63, 3.8) is 0 Å². The number of pyridine rings is 1. The van der Waals surface area contributed by atoms with Crippen LogP contribution >= 0.6 is 11.3 Å². The Hall–Kier alpha value is -1.30. The third-order valence-corrected chi connectivity index (χ3v) is 5.97. The Balaban J connectivity index is 1.41. The lowest BCUT2D eigenvalue weighted by molar-refractivity contribution is 0.210. The SMILES string of the molecule is Cc1cccc(CN2CC[C@@H]3[C@H]2CCN3Cc2csc(C)n2)n1. The van der Waals surface area contributed by atoms with Gasteiger partial charge in [-0.05, 0) is 38.8 Å². The minimum atomic E-state index is 0.692. The van der Waals surface area contributed by atoms with Crippen LogP contribution in [-0.4, -0.2) is 44.9 Å². The quantitative estimate of drug-likeness (QED) is 0.864. The molecule has 0 unspecified atom stereocenters. The second-order valence-corrected chi connectivity index (χ2v) is 7.84. The molecule has 2 atom stereocenters. The molecule has 122 valence electrons. The first-order valence-electron chi connectivity index (χ1n) is 8.51. The van der Waals surface area contributed by atoms with Crippen LogP contribution in [0.15, 0.2) is 23.6 Å². The van der Waals surface area contributed by atoms with E-state index in [-0.39, 0.29) is 0 Å². The van der Waals surface area contributed by atoms with E-state index < -0.39 is 0 Å². The van der Waals surface area contributed by atoms with Crippen LogP contribution in [0.25, 0.3) is 0 Å². The number of likely N-dealkylation sites (tertiary alicyclic amines) is 2. The first-order valence-corrected chi connectivity index (χ1v) is 9.38. The highest BCUT2D eigenvalue weighted by Gasteiger charge is 2.42. The Bertz CT molecular complexity index is 683. The first kappa shape index (κ1) is 15.2. The number of aryl methyl sites for hydroxylation is 2. The minimum Gasteiger partial charge on any atom is -0.293 e. The molecule has 0 radical (unpaired) electrons. The topological polar surface area (TPSA) is 32.3 Å². The fourth-order valence-electron chi connectivity index (χ4n) is 4.14. The van der Waals surface area contributed by atoms with Crippen LogP contribution < -0.4 is 0 Å². The van der Waals surface area contributed by atoms with Gasteiger partial charge in [-0.3, -0.25) is 14.8 Å². The molecule has 0 bridgehead atoms. The number of rotatable bonds is 4. The largest absolute Gasteiger partial charge is 0.293 e. The highest BCUT2D eigenvalue weighted by atomic mass is 32.1. The highest BCUT2D eigenvalue weighted by molar-refractivity contribution is 7.09. The van der Waals surface area contributed by atoms with Crippen molar-refractivity contribution in [2.75, 3.05) is 13.1 Å². The summed E-state index contributed by atoms with van der Waals surface area (Å²) in [5.74, 6) is 0. The predicted molar refractivity (Wildman–Crippen MR) is 93.5 cm³/mol. The van der Waals surface area contributed by atoms with Gasteiger partial charge in [-0.2, -0.15) is 0 Å². The van der Waals surface area contributed by atoms with Gasteiger partial charge >= 0.3 is 0 Å². The van der Waals surface area contributed by atoms with Crippen LogP contribution in [0.4, 0.5) is 0 Å². The van der Waals surface area contributed by atoms with E-state index in [9.17, 15) is 0 Å². The van der Waals surface area contributed by atoms with Crippen molar-refractivity contribution in [3.05, 3.63) is 45.7 Å². The lowest BCUT2D eigenvalue weighted by atomic mass is 10.1. The molecule has 0 saturated carbocycles. The third-order valence-electron chi connectivity index (χ3n) is 5.15. The zero-order chi connectivity index (χ0) is 15.8. The average Bonchev–Trinajstić information content (AvgIpc) is 3.20. The Kier molecular flexibility index (Phi) is 4.18. The van der Waals surface area contributed by atoms with Crippen LogP contribution in [0.5, 0.6) is 0 Å². The molecule has 0 aliphatic carbocycles. The van der Waals surface area contributed by atoms with Gasteiger partial charge < -0.3 is 0 Å². The zero-order valence-corrected chi connectivity index (χ0v) is 14.7. The molecule has 0 aromatic carbocycles. The molecule has 0 spiro atoms. The lowest BCUT2D eigenvalue weighted by Gasteiger charge is -2.25. The van der Waals surface area contributed by atoms with Crippen molar-refractivity contribution < 1.29 is 0 Å². The molecule has 2 aromatic rings. The number of thiazole rings is 1. The third kappa shape index (κ3) is 3.18. The predicted octanol–water partition coefficient (Wildman–Crippen LogP) is 3.00. The maximum Gasteiger partial charge on any atom is 0.0897 e. The number of nitrogens with zero attached hydrogens (tertiary/aromatic N) is 4. The van der Waals surface area contributed by atoms with Crippen molar-refractivity contribution >= 4 is 11.3 Å². The average molecular weight is 328 g/mol. The van der Waals surface area contributed by atoms with Gasteiger partial charge in [0, 0.05) is 49.3 Å². The van der Waals surface area contributed by atoms with E-state index in [1.807, 2.05) is 0 Å². The van der Waals surface area contributed by atoms with Gasteiger partial charge in [-0.15, -0.1) is 11.3 Å². The zero-order valence-electron chi connectivity index (χ0n) is 13.9. The van der Waals surface area contributed by atoms with Crippen LogP contribution in [-0.2, 0) is 13.1 Å². The summed E-state index contributed by atoms with van der Waals surface area (Å²) in [6, 6.07) is 7.74. The Morgan fingerprint density at radius 3 is 2.30 bits per heavy atom. The Morgan fingerprint density at radius 1 is 1.00 bits per heavy atom. The molecule has 0 N–H and O–H groups in total.